The van der Waals surface area contributed by atoms with Gasteiger partial charge in [0.05, 0.1) is 0 Å². The van der Waals surface area contributed by atoms with E-state index in [1.807, 2.05) is 13.0 Å². The lowest BCUT2D eigenvalue weighted by atomic mass is 9.90. The molecule has 0 spiro atoms. The Labute approximate surface area is 89.8 Å². The number of hydrogen-bond donors (Lipinski definition) is 2. The van der Waals surface area contributed by atoms with Gasteiger partial charge in [0.1, 0.15) is 0 Å². The Morgan fingerprint density at radius 3 is 2.40 bits per heavy atom. The fraction of sp³-hybridized carbons (Fsp3) is 0.636. The van der Waals surface area contributed by atoms with Crippen molar-refractivity contribution < 1.29 is 19.7 Å². The number of allylic oxidation sites excluding steroid dienone is 1. The molecule has 0 saturated heterocycles. The number of hydrogen-bond acceptors (Lipinski definition) is 4. The molecule has 0 saturated carbocycles. The number of ether oxygens (including phenoxy) is 2. The van der Waals surface area contributed by atoms with Crippen molar-refractivity contribution in [3.8, 4) is 0 Å². The first-order valence-corrected chi connectivity index (χ1v) is 4.93. The summed E-state index contributed by atoms with van der Waals surface area (Å²) in [5.41, 5.74) is 1.27. The Bertz CT molecular complexity index is 270. The van der Waals surface area contributed by atoms with Gasteiger partial charge >= 0.3 is 0 Å². The monoisotopic (exact) mass is 214 g/mol. The molecule has 1 aliphatic rings. The second-order valence-corrected chi connectivity index (χ2v) is 3.70. The molecule has 15 heavy (non-hydrogen) atoms. The summed E-state index contributed by atoms with van der Waals surface area (Å²) in [6.45, 7) is 2.04. The van der Waals surface area contributed by atoms with Crippen molar-refractivity contribution in [2.75, 3.05) is 14.2 Å². The molecule has 0 bridgehead atoms. The largest absolute Gasteiger partial charge is 0.364 e. The van der Waals surface area contributed by atoms with Crippen LogP contribution in [0.1, 0.15) is 13.3 Å². The van der Waals surface area contributed by atoms with E-state index in [1.54, 1.807) is 6.08 Å². The Morgan fingerprint density at radius 2 is 1.87 bits per heavy atom. The lowest BCUT2D eigenvalue weighted by Crippen LogP contribution is -2.24. The van der Waals surface area contributed by atoms with Gasteiger partial charge in [-0.2, -0.15) is 0 Å². The lowest BCUT2D eigenvalue weighted by Gasteiger charge is -2.25. The molecule has 0 aromatic rings. The Balaban J connectivity index is 2.96. The van der Waals surface area contributed by atoms with Crippen LogP contribution in [-0.2, 0) is 9.47 Å². The lowest BCUT2D eigenvalue weighted by molar-refractivity contribution is -0.0630. The minimum atomic E-state index is -1.01. The third kappa shape index (κ3) is 2.89. The molecule has 0 aromatic heterocycles. The average Bonchev–Trinajstić information content (AvgIpc) is 2.26. The van der Waals surface area contributed by atoms with Gasteiger partial charge in [0.2, 0.25) is 0 Å². The van der Waals surface area contributed by atoms with Crippen LogP contribution in [-0.4, -0.2) is 37.0 Å². The normalized spacial score (nSPS) is 25.5. The van der Waals surface area contributed by atoms with Crippen LogP contribution in [0.4, 0.5) is 0 Å². The van der Waals surface area contributed by atoms with Crippen molar-refractivity contribution in [2.45, 2.75) is 25.9 Å². The van der Waals surface area contributed by atoms with Gasteiger partial charge in [0.25, 0.3) is 0 Å². The van der Waals surface area contributed by atoms with Crippen molar-refractivity contribution in [3.63, 3.8) is 0 Å². The van der Waals surface area contributed by atoms with Gasteiger partial charge in [-0.05, 0) is 17.9 Å². The maximum atomic E-state index is 9.63. The third-order valence-electron chi connectivity index (χ3n) is 2.53. The van der Waals surface area contributed by atoms with E-state index >= 15 is 0 Å². The van der Waals surface area contributed by atoms with Crippen LogP contribution in [0.3, 0.4) is 0 Å². The molecule has 3 unspecified atom stereocenters. The zero-order valence-corrected chi connectivity index (χ0v) is 9.30. The first kappa shape index (κ1) is 12.4. The maximum absolute atomic E-state index is 9.63. The molecule has 1 aliphatic carbocycles. The number of rotatable bonds is 4. The minimum absolute atomic E-state index is 0.331. The Kier molecular flexibility index (Phi) is 4.47. The van der Waals surface area contributed by atoms with Crippen LogP contribution >= 0.6 is 0 Å². The highest BCUT2D eigenvalue weighted by molar-refractivity contribution is 5.33. The summed E-state index contributed by atoms with van der Waals surface area (Å²) in [4.78, 5) is 0. The van der Waals surface area contributed by atoms with Gasteiger partial charge in [-0.3, -0.25) is 0 Å². The van der Waals surface area contributed by atoms with Crippen LogP contribution in [0.15, 0.2) is 23.3 Å². The summed E-state index contributed by atoms with van der Waals surface area (Å²) in [6, 6.07) is 0. The number of aliphatic hydroxyl groups excluding tert-OH is 2. The van der Waals surface area contributed by atoms with Crippen LogP contribution in [0, 0.1) is 5.92 Å². The molecular formula is C11H18O4. The molecular weight excluding hydrogens is 196 g/mol. The zero-order valence-electron chi connectivity index (χ0n) is 9.30. The quantitative estimate of drug-likeness (QED) is 0.680. The van der Waals surface area contributed by atoms with Crippen molar-refractivity contribution in [2.24, 2.45) is 5.92 Å². The summed E-state index contributed by atoms with van der Waals surface area (Å²) >= 11 is 0. The van der Waals surface area contributed by atoms with E-state index in [2.05, 4.69) is 0 Å². The van der Waals surface area contributed by atoms with E-state index in [9.17, 15) is 10.2 Å². The number of methoxy groups -OCH3 is 2. The molecule has 0 aliphatic heterocycles. The predicted molar refractivity (Wildman–Crippen MR) is 56.0 cm³/mol. The van der Waals surface area contributed by atoms with Gasteiger partial charge in [-0.1, -0.05) is 19.1 Å². The van der Waals surface area contributed by atoms with E-state index in [0.29, 0.717) is 23.5 Å². The van der Waals surface area contributed by atoms with Crippen LogP contribution in [0.5, 0.6) is 0 Å². The molecule has 4 heteroatoms. The van der Waals surface area contributed by atoms with Crippen LogP contribution < -0.4 is 0 Å². The summed E-state index contributed by atoms with van der Waals surface area (Å²) in [6.07, 6.45) is 2.44. The molecule has 0 aromatic carbocycles. The highest BCUT2D eigenvalue weighted by atomic mass is 16.6. The Hall–Kier alpha value is -0.680. The SMILES string of the molecule is COC(O)C1=C(C(O)OC)CC(C)C=C1. The second-order valence-electron chi connectivity index (χ2n) is 3.70. The molecule has 86 valence electrons. The van der Waals surface area contributed by atoms with Crippen molar-refractivity contribution in [1.29, 1.82) is 0 Å². The topological polar surface area (TPSA) is 58.9 Å². The standard InChI is InChI=1S/C11H18O4/c1-7-4-5-8(10(12)14-2)9(6-7)11(13)15-3/h4-5,7,10-13H,6H2,1-3H3. The van der Waals surface area contributed by atoms with Gasteiger partial charge in [-0.25, -0.2) is 0 Å². The molecule has 0 radical (unpaired) electrons. The van der Waals surface area contributed by atoms with E-state index in [0.717, 1.165) is 0 Å². The zero-order chi connectivity index (χ0) is 11.4. The van der Waals surface area contributed by atoms with Gasteiger partial charge in [0.15, 0.2) is 12.6 Å². The molecule has 4 nitrogen and oxygen atoms in total. The van der Waals surface area contributed by atoms with E-state index < -0.39 is 12.6 Å². The molecule has 0 fully saturated rings. The fourth-order valence-electron chi connectivity index (χ4n) is 1.66. The van der Waals surface area contributed by atoms with Crippen LogP contribution in [0.25, 0.3) is 0 Å². The Morgan fingerprint density at radius 1 is 1.27 bits per heavy atom. The maximum Gasteiger partial charge on any atom is 0.180 e. The summed E-state index contributed by atoms with van der Waals surface area (Å²) in [7, 11) is 2.85. The summed E-state index contributed by atoms with van der Waals surface area (Å²) in [5.74, 6) is 0.331. The van der Waals surface area contributed by atoms with E-state index in [1.165, 1.54) is 14.2 Å². The number of aliphatic hydroxyl groups is 2. The molecule has 0 amide bonds. The first-order valence-electron chi connectivity index (χ1n) is 4.93. The molecule has 3 atom stereocenters. The van der Waals surface area contributed by atoms with Crippen molar-refractivity contribution in [1.82, 2.24) is 0 Å². The summed E-state index contributed by atoms with van der Waals surface area (Å²) in [5, 5.41) is 19.2. The molecule has 1 rings (SSSR count). The van der Waals surface area contributed by atoms with Gasteiger partial charge in [0, 0.05) is 19.8 Å². The predicted octanol–water partition coefficient (Wildman–Crippen LogP) is 0.809. The van der Waals surface area contributed by atoms with Gasteiger partial charge < -0.3 is 19.7 Å². The first-order chi connectivity index (χ1) is 7.10. The minimum Gasteiger partial charge on any atom is -0.364 e. The second kappa shape index (κ2) is 5.42. The van der Waals surface area contributed by atoms with Crippen molar-refractivity contribution >= 4 is 0 Å². The fourth-order valence-corrected chi connectivity index (χ4v) is 1.66. The van der Waals surface area contributed by atoms with E-state index in [4.69, 9.17) is 9.47 Å². The smallest absolute Gasteiger partial charge is 0.180 e. The summed E-state index contributed by atoms with van der Waals surface area (Å²) < 4.78 is 9.69. The van der Waals surface area contributed by atoms with E-state index in [-0.39, 0.29) is 0 Å². The average molecular weight is 214 g/mol. The van der Waals surface area contributed by atoms with Crippen molar-refractivity contribution in [3.05, 3.63) is 23.3 Å². The van der Waals surface area contributed by atoms with Gasteiger partial charge in [-0.15, -0.1) is 0 Å². The third-order valence-corrected chi connectivity index (χ3v) is 2.53. The molecule has 0 heterocycles. The highest BCUT2D eigenvalue weighted by Gasteiger charge is 2.23. The molecule has 2 N–H and O–H groups in total. The van der Waals surface area contributed by atoms with Crippen LogP contribution in [0.2, 0.25) is 0 Å². The highest BCUT2D eigenvalue weighted by Crippen LogP contribution is 2.28.